The highest BCUT2D eigenvalue weighted by Gasteiger charge is 2.27. The zero-order chi connectivity index (χ0) is 16.2. The molecule has 4 N–H and O–H groups in total. The van der Waals surface area contributed by atoms with Crippen LogP contribution in [0.2, 0.25) is 0 Å². The van der Waals surface area contributed by atoms with Crippen LogP contribution < -0.4 is 21.3 Å². The SMILES string of the molecule is CCN(C(=O)NC)C1=CCC2NCC/C(=C\C3=CNCN3)C2=C1. The Bertz CT molecular complexity index is 602. The van der Waals surface area contributed by atoms with Gasteiger partial charge in [0.1, 0.15) is 0 Å². The largest absolute Gasteiger partial charge is 0.372 e. The number of urea groups is 1. The maximum absolute atomic E-state index is 12.0. The van der Waals surface area contributed by atoms with Gasteiger partial charge in [-0.15, -0.1) is 0 Å². The number of likely N-dealkylation sites (N-methyl/N-ethyl adjacent to an activating group) is 1. The number of allylic oxidation sites excluding steroid dienone is 2. The maximum atomic E-state index is 12.0. The summed E-state index contributed by atoms with van der Waals surface area (Å²) in [6.45, 7) is 4.43. The van der Waals surface area contributed by atoms with Gasteiger partial charge in [-0.05, 0) is 49.6 Å². The smallest absolute Gasteiger partial charge is 0.321 e. The molecule has 0 aromatic carbocycles. The monoisotopic (exact) mass is 315 g/mol. The van der Waals surface area contributed by atoms with Gasteiger partial charge in [0.15, 0.2) is 0 Å². The number of rotatable bonds is 3. The van der Waals surface area contributed by atoms with Crippen LogP contribution in [0.25, 0.3) is 0 Å². The molecule has 124 valence electrons. The number of nitrogens with one attached hydrogen (secondary N) is 4. The molecule has 0 saturated carbocycles. The van der Waals surface area contributed by atoms with E-state index in [0.29, 0.717) is 12.6 Å². The van der Waals surface area contributed by atoms with E-state index in [1.807, 2.05) is 13.1 Å². The summed E-state index contributed by atoms with van der Waals surface area (Å²) < 4.78 is 0. The highest BCUT2D eigenvalue weighted by atomic mass is 16.2. The second kappa shape index (κ2) is 6.91. The molecule has 1 saturated heterocycles. The van der Waals surface area contributed by atoms with E-state index in [2.05, 4.69) is 39.5 Å². The molecule has 2 aliphatic heterocycles. The van der Waals surface area contributed by atoms with E-state index in [4.69, 9.17) is 0 Å². The Balaban J connectivity index is 1.88. The molecule has 1 aliphatic carbocycles. The van der Waals surface area contributed by atoms with E-state index in [0.717, 1.165) is 37.4 Å². The van der Waals surface area contributed by atoms with Crippen molar-refractivity contribution >= 4 is 6.03 Å². The van der Waals surface area contributed by atoms with E-state index in [1.54, 1.807) is 11.9 Å². The number of carbonyl (C=O) groups excluding carboxylic acids is 1. The lowest BCUT2D eigenvalue weighted by Gasteiger charge is -2.34. The summed E-state index contributed by atoms with van der Waals surface area (Å²) in [6.07, 6.45) is 10.5. The third kappa shape index (κ3) is 3.27. The molecule has 1 unspecified atom stereocenters. The van der Waals surface area contributed by atoms with Crippen molar-refractivity contribution in [2.24, 2.45) is 0 Å². The van der Waals surface area contributed by atoms with E-state index in [-0.39, 0.29) is 6.03 Å². The van der Waals surface area contributed by atoms with Crippen LogP contribution in [0.4, 0.5) is 4.79 Å². The van der Waals surface area contributed by atoms with Gasteiger partial charge in [-0.3, -0.25) is 4.90 Å². The molecule has 23 heavy (non-hydrogen) atoms. The van der Waals surface area contributed by atoms with Gasteiger partial charge in [-0.1, -0.05) is 6.08 Å². The molecule has 6 nitrogen and oxygen atoms in total. The lowest BCUT2D eigenvalue weighted by Crippen LogP contribution is -2.41. The first-order valence-electron chi connectivity index (χ1n) is 8.25. The molecular formula is C17H25N5O. The van der Waals surface area contributed by atoms with Crippen molar-refractivity contribution in [2.75, 3.05) is 26.8 Å². The molecule has 0 bridgehead atoms. The summed E-state index contributed by atoms with van der Waals surface area (Å²) in [5.74, 6) is 0. The van der Waals surface area contributed by atoms with Crippen LogP contribution in [0.1, 0.15) is 19.8 Å². The third-order valence-electron chi connectivity index (χ3n) is 4.47. The van der Waals surface area contributed by atoms with Crippen LogP contribution in [-0.2, 0) is 0 Å². The first-order valence-corrected chi connectivity index (χ1v) is 8.25. The summed E-state index contributed by atoms with van der Waals surface area (Å²) >= 11 is 0. The molecule has 2 heterocycles. The number of piperidine rings is 1. The van der Waals surface area contributed by atoms with Gasteiger partial charge >= 0.3 is 6.03 Å². The van der Waals surface area contributed by atoms with Crippen molar-refractivity contribution in [3.63, 3.8) is 0 Å². The lowest BCUT2D eigenvalue weighted by molar-refractivity contribution is 0.216. The predicted octanol–water partition coefficient (Wildman–Crippen LogP) is 1.14. The zero-order valence-corrected chi connectivity index (χ0v) is 13.8. The number of nitrogens with zero attached hydrogens (tertiary/aromatic N) is 1. The van der Waals surface area contributed by atoms with Gasteiger partial charge in [0, 0.05) is 31.5 Å². The Labute approximate surface area is 137 Å². The molecule has 3 aliphatic rings. The number of hydrogen-bond donors (Lipinski definition) is 4. The lowest BCUT2D eigenvalue weighted by atomic mass is 9.85. The van der Waals surface area contributed by atoms with Gasteiger partial charge in [0.05, 0.1) is 12.4 Å². The Morgan fingerprint density at radius 2 is 2.39 bits per heavy atom. The average molecular weight is 315 g/mol. The average Bonchev–Trinajstić information content (AvgIpc) is 3.09. The van der Waals surface area contributed by atoms with Gasteiger partial charge in [0.2, 0.25) is 0 Å². The van der Waals surface area contributed by atoms with Crippen molar-refractivity contribution in [2.45, 2.75) is 25.8 Å². The predicted molar refractivity (Wildman–Crippen MR) is 91.3 cm³/mol. The Morgan fingerprint density at radius 3 is 3.09 bits per heavy atom. The molecule has 1 atom stereocenters. The van der Waals surface area contributed by atoms with Gasteiger partial charge < -0.3 is 21.3 Å². The standard InChI is InChI=1S/C17H25N5O/c1-3-22(17(23)18-2)14-4-5-16-15(9-14)12(6-7-20-16)8-13-10-19-11-21-13/h4,8-10,16,19-21H,3,5-7,11H2,1-2H3,(H,18,23)/b12-8+. The molecule has 0 radical (unpaired) electrons. The van der Waals surface area contributed by atoms with Crippen LogP contribution in [0.5, 0.6) is 0 Å². The van der Waals surface area contributed by atoms with Gasteiger partial charge in [-0.2, -0.15) is 0 Å². The number of carbonyl (C=O) groups is 1. The van der Waals surface area contributed by atoms with Crippen LogP contribution in [0, 0.1) is 0 Å². The topological polar surface area (TPSA) is 68.4 Å². The second-order valence-electron chi connectivity index (χ2n) is 5.85. The Hall–Kier alpha value is -2.21. The first kappa shape index (κ1) is 15.7. The van der Waals surface area contributed by atoms with Crippen molar-refractivity contribution in [1.82, 2.24) is 26.2 Å². The van der Waals surface area contributed by atoms with Crippen LogP contribution in [0.3, 0.4) is 0 Å². The normalized spacial score (nSPS) is 24.7. The molecular weight excluding hydrogens is 290 g/mol. The highest BCUT2D eigenvalue weighted by molar-refractivity contribution is 5.76. The minimum Gasteiger partial charge on any atom is -0.372 e. The molecule has 2 amide bonds. The zero-order valence-electron chi connectivity index (χ0n) is 13.8. The molecule has 0 aromatic heterocycles. The Morgan fingerprint density at radius 1 is 1.52 bits per heavy atom. The summed E-state index contributed by atoms with van der Waals surface area (Å²) in [4.78, 5) is 13.8. The summed E-state index contributed by atoms with van der Waals surface area (Å²) in [6, 6.07) is 0.282. The number of amides is 2. The summed E-state index contributed by atoms with van der Waals surface area (Å²) in [5, 5.41) is 12.8. The maximum Gasteiger partial charge on any atom is 0.321 e. The van der Waals surface area contributed by atoms with Crippen LogP contribution in [0.15, 0.2) is 47.0 Å². The minimum absolute atomic E-state index is 0.0623. The molecule has 3 rings (SSSR count). The van der Waals surface area contributed by atoms with Crippen LogP contribution >= 0.6 is 0 Å². The highest BCUT2D eigenvalue weighted by Crippen LogP contribution is 2.31. The van der Waals surface area contributed by atoms with Crippen molar-refractivity contribution < 1.29 is 4.79 Å². The molecule has 0 aromatic rings. The first-order chi connectivity index (χ1) is 11.2. The van der Waals surface area contributed by atoms with Crippen molar-refractivity contribution in [3.05, 3.63) is 47.0 Å². The fraction of sp³-hybridized carbons (Fsp3) is 0.471. The second-order valence-corrected chi connectivity index (χ2v) is 5.85. The fourth-order valence-corrected chi connectivity index (χ4v) is 3.29. The minimum atomic E-state index is -0.0623. The number of hydrogen-bond acceptors (Lipinski definition) is 4. The van der Waals surface area contributed by atoms with Gasteiger partial charge in [0.25, 0.3) is 0 Å². The van der Waals surface area contributed by atoms with E-state index in [1.165, 1.54) is 11.1 Å². The van der Waals surface area contributed by atoms with Crippen molar-refractivity contribution in [1.29, 1.82) is 0 Å². The van der Waals surface area contributed by atoms with Gasteiger partial charge in [-0.25, -0.2) is 4.79 Å². The molecule has 6 heteroatoms. The molecule has 0 spiro atoms. The Kier molecular flexibility index (Phi) is 4.71. The summed E-state index contributed by atoms with van der Waals surface area (Å²) in [7, 11) is 1.67. The quantitative estimate of drug-likeness (QED) is 0.630. The number of fused-ring (bicyclic) bond motifs is 1. The third-order valence-corrected chi connectivity index (χ3v) is 4.47. The van der Waals surface area contributed by atoms with E-state index >= 15 is 0 Å². The van der Waals surface area contributed by atoms with Crippen molar-refractivity contribution in [3.8, 4) is 0 Å². The van der Waals surface area contributed by atoms with Crippen LogP contribution in [-0.4, -0.2) is 43.8 Å². The molecule has 1 fully saturated rings. The van der Waals surface area contributed by atoms with E-state index < -0.39 is 0 Å². The van der Waals surface area contributed by atoms with E-state index in [9.17, 15) is 4.79 Å². The fourth-order valence-electron chi connectivity index (χ4n) is 3.29. The summed E-state index contributed by atoms with van der Waals surface area (Å²) in [5.41, 5.74) is 4.75.